The average molecular weight is 486 g/mol. The molecule has 1 aromatic heterocycles. The second-order valence-electron chi connectivity index (χ2n) is 8.87. The van der Waals surface area contributed by atoms with Crippen LogP contribution < -0.4 is 10.1 Å². The zero-order valence-electron chi connectivity index (χ0n) is 19.7. The molecular formula is C29H27NO4S. The van der Waals surface area contributed by atoms with Gasteiger partial charge in [-0.3, -0.25) is 4.79 Å². The lowest BCUT2D eigenvalue weighted by atomic mass is 9.69. The van der Waals surface area contributed by atoms with Crippen LogP contribution in [0.5, 0.6) is 5.75 Å². The lowest BCUT2D eigenvalue weighted by Gasteiger charge is -2.39. The minimum atomic E-state index is -0.478. The zero-order valence-corrected chi connectivity index (χ0v) is 20.5. The van der Waals surface area contributed by atoms with E-state index in [1.807, 2.05) is 73.0 Å². The summed E-state index contributed by atoms with van der Waals surface area (Å²) in [6.07, 6.45) is 2.56. The van der Waals surface area contributed by atoms with Crippen molar-refractivity contribution in [2.75, 3.05) is 7.11 Å². The molecule has 1 N–H and O–H groups in total. The van der Waals surface area contributed by atoms with Gasteiger partial charge in [-0.15, -0.1) is 11.3 Å². The van der Waals surface area contributed by atoms with E-state index in [0.717, 1.165) is 16.8 Å². The molecule has 5 nitrogen and oxygen atoms in total. The SMILES string of the molecule is COC(=O)C1=C(C)NC2=CC(c3cccs3)CC(=O)C2C1c1cccc(OCc2ccccc2)c1. The Morgan fingerprint density at radius 1 is 1.06 bits per heavy atom. The van der Waals surface area contributed by atoms with Gasteiger partial charge in [-0.25, -0.2) is 4.79 Å². The summed E-state index contributed by atoms with van der Waals surface area (Å²) in [5.41, 5.74) is 3.97. The molecule has 0 fully saturated rings. The lowest BCUT2D eigenvalue weighted by molar-refractivity contribution is -0.136. The van der Waals surface area contributed by atoms with E-state index in [1.165, 1.54) is 12.0 Å². The standard InChI is InChI=1S/C29H27NO4S/c1-18-26(29(32)33-2)27(20-10-6-11-22(14-20)34-17-19-8-4-3-5-9-19)28-23(30-18)15-21(16-24(28)31)25-12-7-13-35-25/h3-15,21,27-28,30H,16-17H2,1-2H3. The third-order valence-corrected chi connectivity index (χ3v) is 7.65. The highest BCUT2D eigenvalue weighted by Gasteiger charge is 2.45. The summed E-state index contributed by atoms with van der Waals surface area (Å²) in [7, 11) is 1.37. The summed E-state index contributed by atoms with van der Waals surface area (Å²) >= 11 is 1.66. The fraction of sp³-hybridized carbons (Fsp3) is 0.241. The molecule has 1 aliphatic heterocycles. The van der Waals surface area contributed by atoms with Crippen LogP contribution in [0.4, 0.5) is 0 Å². The minimum Gasteiger partial charge on any atom is -0.489 e. The van der Waals surface area contributed by atoms with Gasteiger partial charge in [0.2, 0.25) is 0 Å². The third-order valence-electron chi connectivity index (χ3n) is 6.64. The van der Waals surface area contributed by atoms with Gasteiger partial charge in [0.1, 0.15) is 18.1 Å². The van der Waals surface area contributed by atoms with Gasteiger partial charge >= 0.3 is 5.97 Å². The van der Waals surface area contributed by atoms with Crippen molar-refractivity contribution in [3.05, 3.63) is 111 Å². The molecule has 2 aromatic carbocycles. The first-order valence-electron chi connectivity index (χ1n) is 11.7. The summed E-state index contributed by atoms with van der Waals surface area (Å²) in [5, 5.41) is 5.39. The highest BCUT2D eigenvalue weighted by Crippen LogP contribution is 2.47. The first-order chi connectivity index (χ1) is 17.0. The summed E-state index contributed by atoms with van der Waals surface area (Å²) < 4.78 is 11.2. The van der Waals surface area contributed by atoms with Gasteiger partial charge in [0.05, 0.1) is 18.6 Å². The van der Waals surface area contributed by atoms with Crippen molar-refractivity contribution in [2.24, 2.45) is 5.92 Å². The number of esters is 1. The van der Waals surface area contributed by atoms with Gasteiger partial charge in [-0.1, -0.05) is 54.6 Å². The number of methoxy groups -OCH3 is 1. The fourth-order valence-corrected chi connectivity index (χ4v) is 5.84. The third kappa shape index (κ3) is 4.66. The van der Waals surface area contributed by atoms with Crippen LogP contribution in [-0.2, 0) is 20.9 Å². The van der Waals surface area contributed by atoms with Crippen LogP contribution in [0, 0.1) is 5.92 Å². The molecule has 0 saturated carbocycles. The Hall–Kier alpha value is -3.64. The molecule has 35 heavy (non-hydrogen) atoms. The van der Waals surface area contributed by atoms with Crippen molar-refractivity contribution < 1.29 is 19.1 Å². The molecule has 2 heterocycles. The maximum absolute atomic E-state index is 13.6. The first kappa shape index (κ1) is 23.1. The van der Waals surface area contributed by atoms with Crippen LogP contribution in [0.15, 0.2) is 95.2 Å². The van der Waals surface area contributed by atoms with Gasteiger partial charge in [-0.2, -0.15) is 0 Å². The maximum atomic E-state index is 13.6. The number of ketones is 1. The zero-order chi connectivity index (χ0) is 24.4. The van der Waals surface area contributed by atoms with Gasteiger partial charge in [0, 0.05) is 34.5 Å². The number of nitrogens with one attached hydrogen (secondary N) is 1. The van der Waals surface area contributed by atoms with Gasteiger partial charge in [-0.05, 0) is 41.6 Å². The van der Waals surface area contributed by atoms with Crippen molar-refractivity contribution >= 4 is 23.1 Å². The highest BCUT2D eigenvalue weighted by atomic mass is 32.1. The number of Topliss-reactive ketones (excluding diaryl/α,β-unsaturated/α-hetero) is 1. The molecule has 0 spiro atoms. The molecule has 178 valence electrons. The van der Waals surface area contributed by atoms with Crippen molar-refractivity contribution in [1.29, 1.82) is 0 Å². The van der Waals surface area contributed by atoms with E-state index in [4.69, 9.17) is 9.47 Å². The van der Waals surface area contributed by atoms with Crippen LogP contribution in [0.3, 0.4) is 0 Å². The normalized spacial score (nSPS) is 21.6. The van der Waals surface area contributed by atoms with Crippen molar-refractivity contribution in [3.8, 4) is 5.75 Å². The van der Waals surface area contributed by atoms with Gasteiger partial charge in [0.15, 0.2) is 0 Å². The summed E-state index contributed by atoms with van der Waals surface area (Å²) in [6, 6.07) is 21.7. The number of benzene rings is 2. The summed E-state index contributed by atoms with van der Waals surface area (Å²) in [4.78, 5) is 27.7. The smallest absolute Gasteiger partial charge is 0.336 e. The molecule has 0 radical (unpaired) electrons. The first-order valence-corrected chi connectivity index (χ1v) is 12.5. The maximum Gasteiger partial charge on any atom is 0.336 e. The van der Waals surface area contributed by atoms with Crippen LogP contribution in [0.25, 0.3) is 0 Å². The highest BCUT2D eigenvalue weighted by molar-refractivity contribution is 7.10. The predicted octanol–water partition coefficient (Wildman–Crippen LogP) is 5.72. The summed E-state index contributed by atoms with van der Waals surface area (Å²) in [5.74, 6) is -0.516. The topological polar surface area (TPSA) is 64.6 Å². The number of fused-ring (bicyclic) bond motifs is 1. The van der Waals surface area contributed by atoms with Crippen molar-refractivity contribution in [2.45, 2.75) is 31.8 Å². The molecular weight excluding hydrogens is 458 g/mol. The number of hydrogen-bond acceptors (Lipinski definition) is 6. The molecule has 0 amide bonds. The van der Waals surface area contributed by atoms with Gasteiger partial charge < -0.3 is 14.8 Å². The number of thiophene rings is 1. The van der Waals surface area contributed by atoms with Crippen LogP contribution in [0.1, 0.15) is 41.2 Å². The van der Waals surface area contributed by atoms with Crippen molar-refractivity contribution in [3.63, 3.8) is 0 Å². The average Bonchev–Trinajstić information content (AvgIpc) is 3.42. The lowest BCUT2D eigenvalue weighted by Crippen LogP contribution is -2.41. The van der Waals surface area contributed by atoms with Gasteiger partial charge in [0.25, 0.3) is 0 Å². The number of carbonyl (C=O) groups is 2. The van der Waals surface area contributed by atoms with E-state index in [0.29, 0.717) is 30.0 Å². The van der Waals surface area contributed by atoms with E-state index in [9.17, 15) is 9.59 Å². The Bertz CT molecular complexity index is 1290. The number of carbonyl (C=O) groups excluding carboxylic acids is 2. The van der Waals surface area contributed by atoms with Crippen LogP contribution >= 0.6 is 11.3 Å². The Balaban J connectivity index is 1.52. The molecule has 2 aliphatic rings. The Kier molecular flexibility index (Phi) is 6.55. The molecule has 0 saturated heterocycles. The second kappa shape index (κ2) is 9.92. The largest absolute Gasteiger partial charge is 0.489 e. The molecule has 1 aliphatic carbocycles. The molecule has 3 unspecified atom stereocenters. The molecule has 3 atom stereocenters. The number of allylic oxidation sites excluding steroid dienone is 3. The number of hydrogen-bond donors (Lipinski definition) is 1. The minimum absolute atomic E-state index is 0.0370. The fourth-order valence-electron chi connectivity index (χ4n) is 5.04. The Labute approximate surface area is 209 Å². The quantitative estimate of drug-likeness (QED) is 0.453. The monoisotopic (exact) mass is 485 g/mol. The number of ether oxygens (including phenoxy) is 2. The number of rotatable bonds is 6. The molecule has 3 aromatic rings. The van der Waals surface area contributed by atoms with Crippen LogP contribution in [0.2, 0.25) is 0 Å². The van der Waals surface area contributed by atoms with E-state index in [2.05, 4.69) is 17.5 Å². The molecule has 0 bridgehead atoms. The second-order valence-corrected chi connectivity index (χ2v) is 9.85. The summed E-state index contributed by atoms with van der Waals surface area (Å²) in [6.45, 7) is 2.30. The Morgan fingerprint density at radius 2 is 1.89 bits per heavy atom. The van der Waals surface area contributed by atoms with Crippen molar-refractivity contribution in [1.82, 2.24) is 5.32 Å². The van der Waals surface area contributed by atoms with E-state index >= 15 is 0 Å². The predicted molar refractivity (Wildman–Crippen MR) is 136 cm³/mol. The van der Waals surface area contributed by atoms with Crippen LogP contribution in [-0.4, -0.2) is 18.9 Å². The molecule has 5 rings (SSSR count). The van der Waals surface area contributed by atoms with E-state index < -0.39 is 17.8 Å². The van der Waals surface area contributed by atoms with E-state index in [-0.39, 0.29) is 11.7 Å². The molecule has 6 heteroatoms. The van der Waals surface area contributed by atoms with E-state index in [1.54, 1.807) is 11.3 Å². The Morgan fingerprint density at radius 3 is 2.63 bits per heavy atom.